The van der Waals surface area contributed by atoms with Crippen LogP contribution in [0.1, 0.15) is 36.2 Å². The van der Waals surface area contributed by atoms with E-state index in [0.29, 0.717) is 17.4 Å². The molecule has 2 aromatic rings. The fourth-order valence-electron chi connectivity index (χ4n) is 2.94. The van der Waals surface area contributed by atoms with Crippen molar-refractivity contribution in [2.75, 3.05) is 12.8 Å². The molecule has 1 amide bonds. The van der Waals surface area contributed by atoms with Crippen molar-refractivity contribution in [3.05, 3.63) is 30.0 Å². The van der Waals surface area contributed by atoms with Gasteiger partial charge in [0.2, 0.25) is 0 Å². The van der Waals surface area contributed by atoms with Gasteiger partial charge in [0.05, 0.1) is 11.2 Å². The second-order valence-electron chi connectivity index (χ2n) is 5.35. The number of carbonyl (C=O) groups is 1. The Morgan fingerprint density at radius 3 is 2.79 bits per heavy atom. The number of H-pyrrole nitrogens is 1. The van der Waals surface area contributed by atoms with E-state index in [0.717, 1.165) is 23.7 Å². The minimum atomic E-state index is 0.0579. The highest BCUT2D eigenvalue weighted by Gasteiger charge is 2.25. The minimum Gasteiger partial charge on any atom is -0.397 e. The number of nitrogens with one attached hydrogen (secondary N) is 1. The molecule has 3 N–H and O–H groups in total. The topological polar surface area (TPSA) is 62.1 Å². The summed E-state index contributed by atoms with van der Waals surface area (Å²) in [5.74, 6) is 0.0579. The molecule has 1 aromatic heterocycles. The Balaban J connectivity index is 1.90. The van der Waals surface area contributed by atoms with Gasteiger partial charge in [-0.1, -0.05) is 25.0 Å². The van der Waals surface area contributed by atoms with Crippen molar-refractivity contribution in [1.29, 1.82) is 0 Å². The Hall–Kier alpha value is -1.97. The van der Waals surface area contributed by atoms with Gasteiger partial charge in [0, 0.05) is 18.5 Å². The maximum Gasteiger partial charge on any atom is 0.270 e. The summed E-state index contributed by atoms with van der Waals surface area (Å²) < 4.78 is 0. The first kappa shape index (κ1) is 12.1. The smallest absolute Gasteiger partial charge is 0.270 e. The Bertz CT molecular complexity index is 611. The van der Waals surface area contributed by atoms with Crippen LogP contribution in [-0.4, -0.2) is 28.9 Å². The highest BCUT2D eigenvalue weighted by molar-refractivity contribution is 6.00. The monoisotopic (exact) mass is 257 g/mol. The molecule has 1 saturated carbocycles. The molecule has 4 heteroatoms. The third-order valence-electron chi connectivity index (χ3n) is 4.11. The zero-order valence-corrected chi connectivity index (χ0v) is 11.1. The summed E-state index contributed by atoms with van der Waals surface area (Å²) in [6.07, 6.45) is 4.68. The lowest BCUT2D eigenvalue weighted by Crippen LogP contribution is -2.35. The molecule has 4 nitrogen and oxygen atoms in total. The second kappa shape index (κ2) is 4.61. The molecule has 0 aliphatic heterocycles. The van der Waals surface area contributed by atoms with E-state index < -0.39 is 0 Å². The number of nitrogens with zero attached hydrogens (tertiary/aromatic N) is 1. The summed E-state index contributed by atoms with van der Waals surface area (Å²) in [5.41, 5.74) is 8.07. The lowest BCUT2D eigenvalue weighted by molar-refractivity contribution is 0.0730. The number of rotatable bonds is 2. The van der Waals surface area contributed by atoms with Crippen molar-refractivity contribution in [2.45, 2.75) is 31.7 Å². The largest absolute Gasteiger partial charge is 0.397 e. The van der Waals surface area contributed by atoms with Gasteiger partial charge in [0.25, 0.3) is 5.91 Å². The van der Waals surface area contributed by atoms with Crippen LogP contribution < -0.4 is 5.73 Å². The van der Waals surface area contributed by atoms with E-state index in [2.05, 4.69) is 4.98 Å². The van der Waals surface area contributed by atoms with Gasteiger partial charge in [-0.25, -0.2) is 0 Å². The summed E-state index contributed by atoms with van der Waals surface area (Å²) in [7, 11) is 1.90. The van der Waals surface area contributed by atoms with Crippen LogP contribution in [0.25, 0.3) is 10.9 Å². The first-order chi connectivity index (χ1) is 9.16. The molecule has 1 fully saturated rings. The first-order valence-electron chi connectivity index (χ1n) is 6.81. The van der Waals surface area contributed by atoms with Gasteiger partial charge in [-0.3, -0.25) is 4.79 Å². The molecule has 1 aliphatic carbocycles. The quantitative estimate of drug-likeness (QED) is 0.813. The Labute approximate surface area is 112 Å². The van der Waals surface area contributed by atoms with Crippen molar-refractivity contribution in [1.82, 2.24) is 9.88 Å². The summed E-state index contributed by atoms with van der Waals surface area (Å²) in [5, 5.41) is 0.989. The van der Waals surface area contributed by atoms with E-state index in [1.807, 2.05) is 36.2 Å². The van der Waals surface area contributed by atoms with Crippen molar-refractivity contribution < 1.29 is 4.79 Å². The van der Waals surface area contributed by atoms with Crippen molar-refractivity contribution in [3.8, 4) is 0 Å². The number of benzene rings is 1. The Kier molecular flexibility index (Phi) is 2.93. The number of amides is 1. The predicted octanol–water partition coefficient (Wildman–Crippen LogP) is 2.76. The van der Waals surface area contributed by atoms with E-state index in [4.69, 9.17) is 5.73 Å². The van der Waals surface area contributed by atoms with Crippen molar-refractivity contribution in [2.24, 2.45) is 0 Å². The average Bonchev–Trinajstić information content (AvgIpc) is 3.06. The normalized spacial score (nSPS) is 16.1. The molecule has 1 aliphatic rings. The average molecular weight is 257 g/mol. The molecular formula is C15H19N3O. The number of aromatic amines is 1. The molecule has 0 bridgehead atoms. The van der Waals surface area contributed by atoms with Gasteiger partial charge in [-0.15, -0.1) is 0 Å². The number of aromatic nitrogens is 1. The molecule has 1 heterocycles. The van der Waals surface area contributed by atoms with Crippen LogP contribution in [0, 0.1) is 0 Å². The van der Waals surface area contributed by atoms with E-state index >= 15 is 0 Å². The van der Waals surface area contributed by atoms with Crippen LogP contribution in [0.3, 0.4) is 0 Å². The van der Waals surface area contributed by atoms with Gasteiger partial charge in [-0.05, 0) is 25.0 Å². The lowest BCUT2D eigenvalue weighted by atomic mass is 10.2. The molecule has 0 unspecified atom stereocenters. The van der Waals surface area contributed by atoms with Crippen LogP contribution >= 0.6 is 0 Å². The van der Waals surface area contributed by atoms with Crippen LogP contribution in [0.15, 0.2) is 24.3 Å². The summed E-state index contributed by atoms with van der Waals surface area (Å²) in [6, 6.07) is 7.98. The van der Waals surface area contributed by atoms with Gasteiger partial charge < -0.3 is 15.6 Å². The zero-order valence-electron chi connectivity index (χ0n) is 11.1. The number of hydrogen-bond acceptors (Lipinski definition) is 2. The summed E-state index contributed by atoms with van der Waals surface area (Å²) in [4.78, 5) is 17.5. The predicted molar refractivity (Wildman–Crippen MR) is 77.1 cm³/mol. The molecule has 3 rings (SSSR count). The molecule has 0 spiro atoms. The van der Waals surface area contributed by atoms with E-state index in [1.54, 1.807) is 0 Å². The van der Waals surface area contributed by atoms with Crippen LogP contribution in [0.4, 0.5) is 5.69 Å². The Morgan fingerprint density at radius 1 is 1.37 bits per heavy atom. The lowest BCUT2D eigenvalue weighted by Gasteiger charge is -2.23. The standard InChI is InChI=1S/C15H19N3O/c1-18(11-6-2-3-7-11)15(19)13-9-10-5-4-8-12(16)14(10)17-13/h4-5,8-9,11,17H,2-3,6-7,16H2,1H3. The third-order valence-corrected chi connectivity index (χ3v) is 4.11. The second-order valence-corrected chi connectivity index (χ2v) is 5.35. The first-order valence-corrected chi connectivity index (χ1v) is 6.81. The summed E-state index contributed by atoms with van der Waals surface area (Å²) >= 11 is 0. The Morgan fingerprint density at radius 2 is 2.11 bits per heavy atom. The van der Waals surface area contributed by atoms with Crippen LogP contribution in [-0.2, 0) is 0 Å². The summed E-state index contributed by atoms with van der Waals surface area (Å²) in [6.45, 7) is 0. The number of anilines is 1. The van der Waals surface area contributed by atoms with Gasteiger partial charge in [0.1, 0.15) is 5.69 Å². The minimum absolute atomic E-state index is 0.0579. The van der Waals surface area contributed by atoms with Gasteiger partial charge in [0.15, 0.2) is 0 Å². The van der Waals surface area contributed by atoms with E-state index in [9.17, 15) is 4.79 Å². The number of carbonyl (C=O) groups excluding carboxylic acids is 1. The molecule has 0 radical (unpaired) electrons. The van der Waals surface area contributed by atoms with Crippen molar-refractivity contribution >= 4 is 22.5 Å². The van der Waals surface area contributed by atoms with E-state index in [-0.39, 0.29) is 5.91 Å². The third kappa shape index (κ3) is 2.07. The SMILES string of the molecule is CN(C(=O)c1cc2cccc(N)c2[nH]1)C1CCCC1. The van der Waals surface area contributed by atoms with Gasteiger partial charge >= 0.3 is 0 Å². The van der Waals surface area contributed by atoms with Crippen LogP contribution in [0.2, 0.25) is 0 Å². The van der Waals surface area contributed by atoms with Gasteiger partial charge in [-0.2, -0.15) is 0 Å². The van der Waals surface area contributed by atoms with E-state index in [1.165, 1.54) is 12.8 Å². The zero-order chi connectivity index (χ0) is 13.4. The maximum atomic E-state index is 12.5. The fourth-order valence-corrected chi connectivity index (χ4v) is 2.94. The number of para-hydroxylation sites is 1. The highest BCUT2D eigenvalue weighted by atomic mass is 16.2. The number of hydrogen-bond donors (Lipinski definition) is 2. The number of nitrogens with two attached hydrogens (primary N) is 1. The molecule has 0 atom stereocenters. The number of fused-ring (bicyclic) bond motifs is 1. The van der Waals surface area contributed by atoms with Crippen molar-refractivity contribution in [3.63, 3.8) is 0 Å². The molecular weight excluding hydrogens is 238 g/mol. The number of nitrogen functional groups attached to an aromatic ring is 1. The van der Waals surface area contributed by atoms with Crippen LogP contribution in [0.5, 0.6) is 0 Å². The molecule has 100 valence electrons. The molecule has 0 saturated heterocycles. The fraction of sp³-hybridized carbons (Fsp3) is 0.400. The maximum absolute atomic E-state index is 12.5. The molecule has 19 heavy (non-hydrogen) atoms. The molecule has 1 aromatic carbocycles. The highest BCUT2D eigenvalue weighted by Crippen LogP contribution is 2.25.